The van der Waals surface area contributed by atoms with E-state index in [1.165, 1.54) is 32.6 Å². The molecule has 0 aliphatic heterocycles. The first-order valence-electron chi connectivity index (χ1n) is 19.8. The van der Waals surface area contributed by atoms with E-state index in [4.69, 9.17) is 23.8 Å². The van der Waals surface area contributed by atoms with Gasteiger partial charge in [-0.1, -0.05) is 127 Å². The number of rotatable bonds is 4. The lowest BCUT2D eigenvalue weighted by molar-refractivity contribution is 0.668. The molecule has 0 amide bonds. The van der Waals surface area contributed by atoms with Crippen molar-refractivity contribution in [3.05, 3.63) is 182 Å². The van der Waals surface area contributed by atoms with Crippen LogP contribution in [0.1, 0.15) is 0 Å². The van der Waals surface area contributed by atoms with E-state index in [1.54, 1.807) is 0 Å². The van der Waals surface area contributed by atoms with Gasteiger partial charge in [0.25, 0.3) is 0 Å². The third-order valence-corrected chi connectivity index (χ3v) is 11.8. The van der Waals surface area contributed by atoms with Crippen LogP contribution in [-0.4, -0.2) is 19.5 Å². The highest BCUT2D eigenvalue weighted by molar-refractivity contribution is 6.21. The molecule has 0 radical (unpaired) electrons. The van der Waals surface area contributed by atoms with E-state index in [0.29, 0.717) is 17.5 Å². The minimum absolute atomic E-state index is 0.536. The van der Waals surface area contributed by atoms with Gasteiger partial charge in [-0.25, -0.2) is 15.0 Å². The number of furan rings is 2. The van der Waals surface area contributed by atoms with Crippen LogP contribution < -0.4 is 0 Å². The number of hydrogen-bond donors (Lipinski definition) is 0. The van der Waals surface area contributed by atoms with Crippen LogP contribution in [-0.2, 0) is 0 Å². The number of benzene rings is 9. The molecule has 59 heavy (non-hydrogen) atoms. The Balaban J connectivity index is 1.01. The van der Waals surface area contributed by atoms with Gasteiger partial charge in [0.15, 0.2) is 17.5 Å². The van der Waals surface area contributed by atoms with E-state index < -0.39 is 0 Å². The van der Waals surface area contributed by atoms with Gasteiger partial charge in [-0.3, -0.25) is 0 Å². The van der Waals surface area contributed by atoms with E-state index in [-0.39, 0.29) is 0 Å². The van der Waals surface area contributed by atoms with Crippen molar-refractivity contribution in [2.24, 2.45) is 0 Å². The average Bonchev–Trinajstić information content (AvgIpc) is 3.98. The van der Waals surface area contributed by atoms with Crippen LogP contribution in [0.15, 0.2) is 191 Å². The summed E-state index contributed by atoms with van der Waals surface area (Å²) in [5.41, 5.74) is 9.20. The first-order valence-corrected chi connectivity index (χ1v) is 19.8. The van der Waals surface area contributed by atoms with Crippen molar-refractivity contribution in [2.75, 3.05) is 0 Å². The normalized spacial score (nSPS) is 12.1. The molecule has 4 heterocycles. The fourth-order valence-corrected chi connectivity index (χ4v) is 9.16. The lowest BCUT2D eigenvalue weighted by Crippen LogP contribution is -2.00. The molecule has 6 heteroatoms. The maximum Gasteiger partial charge on any atom is 0.167 e. The van der Waals surface area contributed by atoms with E-state index in [9.17, 15) is 0 Å². The fraction of sp³-hybridized carbons (Fsp3) is 0. The Morgan fingerprint density at radius 3 is 1.93 bits per heavy atom. The first-order chi connectivity index (χ1) is 29.2. The SMILES string of the molecule is c1ccc(-c2nc(-c3cccc4c3oc3ccc5cc(-n6c7ccccc7c7cc8ccccc8cc76)ccc5c34)nc(-c3cccc4oc5ccccc5c34)n2)cc1. The maximum absolute atomic E-state index is 6.79. The van der Waals surface area contributed by atoms with E-state index in [0.717, 1.165) is 77.0 Å². The highest BCUT2D eigenvalue weighted by atomic mass is 16.3. The second kappa shape index (κ2) is 12.2. The van der Waals surface area contributed by atoms with Crippen LogP contribution >= 0.6 is 0 Å². The second-order valence-corrected chi connectivity index (χ2v) is 15.1. The fourth-order valence-electron chi connectivity index (χ4n) is 9.16. The van der Waals surface area contributed by atoms with E-state index in [2.05, 4.69) is 120 Å². The minimum Gasteiger partial charge on any atom is -0.456 e. The number of aromatic nitrogens is 4. The van der Waals surface area contributed by atoms with Crippen molar-refractivity contribution in [3.63, 3.8) is 0 Å². The molecule has 6 nitrogen and oxygen atoms in total. The van der Waals surface area contributed by atoms with Gasteiger partial charge >= 0.3 is 0 Å². The highest BCUT2D eigenvalue weighted by Gasteiger charge is 2.21. The van der Waals surface area contributed by atoms with Crippen molar-refractivity contribution in [1.82, 2.24) is 19.5 Å². The largest absolute Gasteiger partial charge is 0.456 e. The molecule has 0 fully saturated rings. The van der Waals surface area contributed by atoms with Gasteiger partial charge in [0.05, 0.1) is 16.6 Å². The van der Waals surface area contributed by atoms with Crippen molar-refractivity contribution < 1.29 is 8.83 Å². The summed E-state index contributed by atoms with van der Waals surface area (Å²) in [7, 11) is 0. The van der Waals surface area contributed by atoms with Crippen LogP contribution in [0.3, 0.4) is 0 Å². The molecule has 13 rings (SSSR count). The summed E-state index contributed by atoms with van der Waals surface area (Å²) in [6, 6.07) is 63.4. The lowest BCUT2D eigenvalue weighted by atomic mass is 10.0. The second-order valence-electron chi connectivity index (χ2n) is 15.1. The predicted molar refractivity (Wildman–Crippen MR) is 240 cm³/mol. The maximum atomic E-state index is 6.79. The molecule has 9 aromatic carbocycles. The highest BCUT2D eigenvalue weighted by Crippen LogP contribution is 2.42. The molecular formula is C53H30N4O2. The summed E-state index contributed by atoms with van der Waals surface area (Å²) in [6.07, 6.45) is 0. The van der Waals surface area contributed by atoms with Gasteiger partial charge in [0.2, 0.25) is 0 Å². The third-order valence-electron chi connectivity index (χ3n) is 11.8. The van der Waals surface area contributed by atoms with Crippen molar-refractivity contribution in [2.45, 2.75) is 0 Å². The van der Waals surface area contributed by atoms with Crippen LogP contribution in [0, 0.1) is 0 Å². The smallest absolute Gasteiger partial charge is 0.167 e. The number of para-hydroxylation sites is 3. The Morgan fingerprint density at radius 1 is 0.356 bits per heavy atom. The summed E-state index contributed by atoms with van der Waals surface area (Å²) in [4.78, 5) is 15.4. The molecule has 0 saturated heterocycles. The Kier molecular flexibility index (Phi) is 6.63. The van der Waals surface area contributed by atoms with Gasteiger partial charge < -0.3 is 13.4 Å². The van der Waals surface area contributed by atoms with Gasteiger partial charge in [-0.2, -0.15) is 0 Å². The van der Waals surface area contributed by atoms with Crippen molar-refractivity contribution in [3.8, 4) is 39.9 Å². The Labute approximate surface area is 336 Å². The van der Waals surface area contributed by atoms with Gasteiger partial charge in [-0.05, 0) is 76.1 Å². The van der Waals surface area contributed by atoms with Gasteiger partial charge in [-0.15, -0.1) is 0 Å². The van der Waals surface area contributed by atoms with E-state index >= 15 is 0 Å². The van der Waals surface area contributed by atoms with Gasteiger partial charge in [0.1, 0.15) is 22.3 Å². The lowest BCUT2D eigenvalue weighted by Gasteiger charge is -2.10. The molecule has 13 aromatic rings. The zero-order valence-corrected chi connectivity index (χ0v) is 31.4. The van der Waals surface area contributed by atoms with Gasteiger partial charge in [0, 0.05) is 49.1 Å². The molecular weight excluding hydrogens is 725 g/mol. The van der Waals surface area contributed by atoms with Crippen molar-refractivity contribution in [1.29, 1.82) is 0 Å². The summed E-state index contributed by atoms with van der Waals surface area (Å²) < 4.78 is 15.4. The molecule has 0 saturated carbocycles. The van der Waals surface area contributed by atoms with Crippen LogP contribution in [0.4, 0.5) is 0 Å². The quantitative estimate of drug-likeness (QED) is 0.179. The summed E-state index contributed by atoms with van der Waals surface area (Å²) >= 11 is 0. The first kappa shape index (κ1) is 32.0. The molecule has 0 aliphatic rings. The monoisotopic (exact) mass is 754 g/mol. The van der Waals surface area contributed by atoms with Crippen molar-refractivity contribution >= 4 is 87.2 Å². The van der Waals surface area contributed by atoms with Crippen LogP contribution in [0.25, 0.3) is 127 Å². The molecule has 4 aromatic heterocycles. The molecule has 0 spiro atoms. The number of nitrogens with zero attached hydrogens (tertiary/aromatic N) is 4. The molecule has 0 atom stereocenters. The van der Waals surface area contributed by atoms with Crippen LogP contribution in [0.2, 0.25) is 0 Å². The molecule has 0 unspecified atom stereocenters. The third kappa shape index (κ3) is 4.77. The van der Waals surface area contributed by atoms with Crippen LogP contribution in [0.5, 0.6) is 0 Å². The topological polar surface area (TPSA) is 69.9 Å². The summed E-state index contributed by atoms with van der Waals surface area (Å²) in [5.74, 6) is 1.68. The average molecular weight is 755 g/mol. The summed E-state index contributed by atoms with van der Waals surface area (Å²) in [6.45, 7) is 0. The zero-order chi connectivity index (χ0) is 38.6. The Morgan fingerprint density at radius 2 is 1.03 bits per heavy atom. The zero-order valence-electron chi connectivity index (χ0n) is 31.4. The number of hydrogen-bond acceptors (Lipinski definition) is 5. The molecule has 0 N–H and O–H groups in total. The number of fused-ring (bicyclic) bond motifs is 12. The summed E-state index contributed by atoms with van der Waals surface area (Å²) in [5, 5.41) is 11.3. The predicted octanol–water partition coefficient (Wildman–Crippen LogP) is 14.1. The Hall–Kier alpha value is -8.09. The van der Waals surface area contributed by atoms with E-state index in [1.807, 2.05) is 66.7 Å². The minimum atomic E-state index is 0.536. The standard InChI is InChI=1S/C53H30N4O2/c1-2-12-31(13-3-1)51-54-52(40-19-11-23-46-49(40)38-17-7-9-22-45(38)58-46)56-53(55-51)41-20-10-18-39-48-36-26-25-35(28-34(36)24-27-47(48)59-50(39)41)57-43-21-8-6-16-37(43)42-29-32-14-4-5-15-33(32)30-44(42)57/h1-30H. The Bertz CT molecular complexity index is 3860. The molecule has 0 aliphatic carbocycles. The molecule has 274 valence electrons. The molecule has 0 bridgehead atoms.